The second-order valence-corrected chi connectivity index (χ2v) is 8.01. The summed E-state index contributed by atoms with van der Waals surface area (Å²) >= 11 is 6.43. The number of aromatic nitrogens is 1. The number of carboxylic acid groups (broad SMARTS) is 1. The molecule has 1 aliphatic heterocycles. The quantitative estimate of drug-likeness (QED) is 0.466. The minimum Gasteiger partial charge on any atom is -0.465 e. The van der Waals surface area contributed by atoms with E-state index in [-0.39, 0.29) is 24.2 Å². The van der Waals surface area contributed by atoms with Gasteiger partial charge in [0.15, 0.2) is 0 Å². The van der Waals surface area contributed by atoms with Gasteiger partial charge in [-0.2, -0.15) is 0 Å². The fraction of sp³-hybridized carbons (Fsp3) is 0.227. The maximum atomic E-state index is 13.0. The van der Waals surface area contributed by atoms with Crippen molar-refractivity contribution in [3.63, 3.8) is 0 Å². The molecule has 32 heavy (non-hydrogen) atoms. The highest BCUT2D eigenvalue weighted by atomic mass is 35.5. The third-order valence-electron chi connectivity index (χ3n) is 5.54. The van der Waals surface area contributed by atoms with Crippen LogP contribution < -0.4 is 0 Å². The molecule has 1 atom stereocenters. The van der Waals surface area contributed by atoms with Crippen LogP contribution in [0.2, 0.25) is 5.02 Å². The average Bonchev–Trinajstić information content (AvgIpc) is 2.77. The van der Waals surface area contributed by atoms with Crippen molar-refractivity contribution in [3.05, 3.63) is 69.2 Å². The van der Waals surface area contributed by atoms with Crippen LogP contribution in [0.15, 0.2) is 48.5 Å². The summed E-state index contributed by atoms with van der Waals surface area (Å²) in [6.45, 7) is 2.64. The summed E-state index contributed by atoms with van der Waals surface area (Å²) in [5, 5.41) is 21.2. The molecule has 0 unspecified atom stereocenters. The Morgan fingerprint density at radius 3 is 2.50 bits per heavy atom. The number of benzene rings is 2. The summed E-state index contributed by atoms with van der Waals surface area (Å²) in [7, 11) is 0. The Kier molecular flexibility index (Phi) is 5.67. The third kappa shape index (κ3) is 4.06. The van der Waals surface area contributed by atoms with Crippen LogP contribution in [0, 0.1) is 10.1 Å². The molecular formula is C22H19ClN4O5. The highest BCUT2D eigenvalue weighted by Crippen LogP contribution is 2.30. The first-order valence-electron chi connectivity index (χ1n) is 9.88. The molecule has 0 spiro atoms. The number of pyridine rings is 1. The minimum atomic E-state index is -0.993. The molecule has 1 N–H and O–H groups in total. The maximum Gasteiger partial charge on any atom is 0.407 e. The van der Waals surface area contributed by atoms with Crippen molar-refractivity contribution in [3.8, 4) is 11.3 Å². The van der Waals surface area contributed by atoms with Gasteiger partial charge in [0.2, 0.25) is 0 Å². The lowest BCUT2D eigenvalue weighted by Gasteiger charge is -2.38. The van der Waals surface area contributed by atoms with Gasteiger partial charge in [-0.15, -0.1) is 0 Å². The number of fused-ring (bicyclic) bond motifs is 1. The Morgan fingerprint density at radius 1 is 1.16 bits per heavy atom. The number of amides is 2. The van der Waals surface area contributed by atoms with E-state index >= 15 is 0 Å². The molecule has 4 rings (SSSR count). The van der Waals surface area contributed by atoms with E-state index in [0.717, 1.165) is 0 Å². The van der Waals surface area contributed by atoms with Crippen LogP contribution in [-0.2, 0) is 0 Å². The summed E-state index contributed by atoms with van der Waals surface area (Å²) in [5.74, 6) is -0.206. The molecule has 2 heterocycles. The number of carbonyl (C=O) groups excluding carboxylic acids is 1. The maximum absolute atomic E-state index is 13.0. The largest absolute Gasteiger partial charge is 0.465 e. The number of rotatable bonds is 3. The van der Waals surface area contributed by atoms with Crippen LogP contribution in [-0.4, -0.2) is 62.5 Å². The van der Waals surface area contributed by atoms with E-state index in [1.165, 1.54) is 17.0 Å². The number of hydrogen-bond donors (Lipinski definition) is 1. The van der Waals surface area contributed by atoms with Gasteiger partial charge in [0.25, 0.3) is 11.6 Å². The fourth-order valence-electron chi connectivity index (χ4n) is 3.83. The molecule has 1 fully saturated rings. The lowest BCUT2D eigenvalue weighted by atomic mass is 10.1. The molecule has 3 aromatic rings. The number of nitro benzene ring substituents is 1. The normalized spacial score (nSPS) is 16.2. The summed E-state index contributed by atoms with van der Waals surface area (Å²) < 4.78 is 0. The van der Waals surface area contributed by atoms with Gasteiger partial charge in [-0.25, -0.2) is 9.78 Å². The number of non-ortho nitro benzene ring substituents is 1. The Labute approximate surface area is 188 Å². The monoisotopic (exact) mass is 454 g/mol. The molecule has 0 saturated carbocycles. The molecule has 0 bridgehead atoms. The highest BCUT2D eigenvalue weighted by molar-refractivity contribution is 6.35. The molecule has 0 aliphatic carbocycles. The van der Waals surface area contributed by atoms with Crippen molar-refractivity contribution in [1.29, 1.82) is 0 Å². The van der Waals surface area contributed by atoms with Crippen LogP contribution in [0.3, 0.4) is 0 Å². The van der Waals surface area contributed by atoms with Gasteiger partial charge in [0, 0.05) is 54.3 Å². The highest BCUT2D eigenvalue weighted by Gasteiger charge is 2.30. The van der Waals surface area contributed by atoms with Crippen LogP contribution in [0.4, 0.5) is 10.5 Å². The first kappa shape index (κ1) is 21.5. The number of carbonyl (C=O) groups is 2. The minimum absolute atomic E-state index is 0.0225. The second kappa shape index (κ2) is 8.43. The van der Waals surface area contributed by atoms with Gasteiger partial charge in [0.05, 0.1) is 21.2 Å². The number of piperazine rings is 1. The first-order chi connectivity index (χ1) is 15.2. The summed E-state index contributed by atoms with van der Waals surface area (Å²) in [6, 6.07) is 12.4. The smallest absolute Gasteiger partial charge is 0.407 e. The van der Waals surface area contributed by atoms with E-state index in [1.807, 2.05) is 0 Å². The lowest BCUT2D eigenvalue weighted by Crippen LogP contribution is -2.55. The number of nitro groups is 1. The van der Waals surface area contributed by atoms with E-state index in [9.17, 15) is 24.8 Å². The molecule has 1 saturated heterocycles. The molecular weight excluding hydrogens is 436 g/mol. The molecule has 164 valence electrons. The molecule has 9 nitrogen and oxygen atoms in total. The third-order valence-corrected chi connectivity index (χ3v) is 5.85. The summed E-state index contributed by atoms with van der Waals surface area (Å²) in [4.78, 5) is 42.3. The Bertz CT molecular complexity index is 1230. The molecule has 1 aromatic heterocycles. The van der Waals surface area contributed by atoms with E-state index in [4.69, 9.17) is 11.6 Å². The average molecular weight is 455 g/mol. The number of hydrogen-bond acceptors (Lipinski definition) is 5. The van der Waals surface area contributed by atoms with Crippen molar-refractivity contribution < 1.29 is 19.6 Å². The standard InChI is InChI=1S/C22H19ClN4O5/c1-13-12-25(8-9-26(13)22(29)30)21(28)15-4-7-17-18(23)11-19(24-20(17)10-15)14-2-5-16(6-3-14)27(31)32/h2-7,10-11,13H,8-9,12H2,1H3,(H,29,30)/t13-/m1/s1. The van der Waals surface area contributed by atoms with E-state index < -0.39 is 11.0 Å². The van der Waals surface area contributed by atoms with Crippen LogP contribution in [0.5, 0.6) is 0 Å². The molecule has 0 radical (unpaired) electrons. The van der Waals surface area contributed by atoms with Gasteiger partial charge in [0.1, 0.15) is 0 Å². The first-order valence-corrected chi connectivity index (χ1v) is 10.3. The van der Waals surface area contributed by atoms with E-state index in [1.54, 1.807) is 48.2 Å². The number of halogens is 1. The zero-order valence-corrected chi connectivity index (χ0v) is 17.8. The van der Waals surface area contributed by atoms with Crippen LogP contribution in [0.25, 0.3) is 22.2 Å². The number of nitrogens with zero attached hydrogens (tertiary/aromatic N) is 4. The second-order valence-electron chi connectivity index (χ2n) is 7.60. The van der Waals surface area contributed by atoms with Crippen LogP contribution in [0.1, 0.15) is 17.3 Å². The Morgan fingerprint density at radius 2 is 1.88 bits per heavy atom. The molecule has 2 amide bonds. The Balaban J connectivity index is 1.64. The van der Waals surface area contributed by atoms with Crippen molar-refractivity contribution in [2.45, 2.75) is 13.0 Å². The van der Waals surface area contributed by atoms with Crippen molar-refractivity contribution in [2.24, 2.45) is 0 Å². The lowest BCUT2D eigenvalue weighted by molar-refractivity contribution is -0.384. The van der Waals surface area contributed by atoms with Gasteiger partial charge in [-0.1, -0.05) is 17.7 Å². The van der Waals surface area contributed by atoms with Crippen molar-refractivity contribution >= 4 is 40.2 Å². The molecule has 1 aliphatic rings. The SMILES string of the molecule is C[C@@H]1CN(C(=O)c2ccc3c(Cl)cc(-c4ccc([N+](=O)[O-])cc4)nc3c2)CCN1C(=O)O. The van der Waals surface area contributed by atoms with E-state index in [0.29, 0.717) is 45.8 Å². The Hall–Kier alpha value is -3.72. The predicted molar refractivity (Wildman–Crippen MR) is 119 cm³/mol. The molecule has 2 aromatic carbocycles. The van der Waals surface area contributed by atoms with Gasteiger partial charge in [-0.3, -0.25) is 14.9 Å². The van der Waals surface area contributed by atoms with E-state index in [2.05, 4.69) is 4.98 Å². The summed E-state index contributed by atoms with van der Waals surface area (Å²) in [6.07, 6.45) is -0.993. The molecule has 10 heteroatoms. The van der Waals surface area contributed by atoms with Gasteiger partial charge in [-0.05, 0) is 37.3 Å². The predicted octanol–water partition coefficient (Wildman–Crippen LogP) is 4.29. The summed E-state index contributed by atoms with van der Waals surface area (Å²) in [5.41, 5.74) is 2.12. The van der Waals surface area contributed by atoms with Gasteiger partial charge >= 0.3 is 6.09 Å². The topological polar surface area (TPSA) is 117 Å². The van der Waals surface area contributed by atoms with Crippen molar-refractivity contribution in [2.75, 3.05) is 19.6 Å². The van der Waals surface area contributed by atoms with Gasteiger partial charge < -0.3 is 14.9 Å². The zero-order valence-electron chi connectivity index (χ0n) is 17.1. The van der Waals surface area contributed by atoms with Crippen molar-refractivity contribution in [1.82, 2.24) is 14.8 Å². The fourth-order valence-corrected chi connectivity index (χ4v) is 4.09. The van der Waals surface area contributed by atoms with Crippen LogP contribution >= 0.6 is 11.6 Å². The zero-order chi connectivity index (χ0) is 23.0.